The van der Waals surface area contributed by atoms with Crippen molar-refractivity contribution in [2.24, 2.45) is 0 Å². The minimum atomic E-state index is -0.863. The Hall–Kier alpha value is -2.16. The minimum absolute atomic E-state index is 0.298. The van der Waals surface area contributed by atoms with Crippen LogP contribution < -0.4 is 0 Å². The van der Waals surface area contributed by atoms with Gasteiger partial charge in [0.05, 0.1) is 5.92 Å². The summed E-state index contributed by atoms with van der Waals surface area (Å²) in [5, 5.41) is 9.43. The molecule has 0 saturated carbocycles. The molecular weight excluding hydrogens is 255 g/mol. The van der Waals surface area contributed by atoms with Crippen LogP contribution in [0.5, 0.6) is 0 Å². The summed E-state index contributed by atoms with van der Waals surface area (Å²) in [6.45, 7) is 3.76. The summed E-state index contributed by atoms with van der Waals surface area (Å²) in [5.74, 6) is -1.77. The zero-order valence-corrected chi connectivity index (χ0v) is 11.6. The number of rotatable bonds is 4. The second-order valence-corrected chi connectivity index (χ2v) is 5.08. The molecule has 0 amide bonds. The summed E-state index contributed by atoms with van der Waals surface area (Å²) in [4.78, 5) is 11.5. The maximum absolute atomic E-state index is 13.1. The number of carboxylic acid groups (broad SMARTS) is 1. The van der Waals surface area contributed by atoms with Crippen molar-refractivity contribution in [1.29, 1.82) is 0 Å². The zero-order valence-electron chi connectivity index (χ0n) is 11.6. The Balaban J connectivity index is 2.30. The average Bonchev–Trinajstić information content (AvgIpc) is 2.39. The molecule has 104 valence electrons. The van der Waals surface area contributed by atoms with Gasteiger partial charge in [-0.2, -0.15) is 0 Å². The fourth-order valence-corrected chi connectivity index (χ4v) is 2.25. The van der Waals surface area contributed by atoms with Crippen LogP contribution >= 0.6 is 0 Å². The molecule has 3 heteroatoms. The summed E-state index contributed by atoms with van der Waals surface area (Å²) in [7, 11) is 0. The van der Waals surface area contributed by atoms with Crippen LogP contribution in [0.1, 0.15) is 28.2 Å². The highest BCUT2D eigenvalue weighted by Crippen LogP contribution is 2.24. The molecule has 1 N–H and O–H groups in total. The number of aryl methyl sites for hydroxylation is 2. The van der Waals surface area contributed by atoms with E-state index in [0.717, 1.165) is 22.3 Å². The monoisotopic (exact) mass is 272 g/mol. The molecule has 2 aromatic rings. The third-order valence-corrected chi connectivity index (χ3v) is 3.51. The van der Waals surface area contributed by atoms with Crippen molar-refractivity contribution in [3.8, 4) is 0 Å². The molecule has 1 unspecified atom stereocenters. The predicted molar refractivity (Wildman–Crippen MR) is 76.4 cm³/mol. The standard InChI is InChI=1S/C17H17FO2/c1-11-3-5-13(6-4-11)16(17(19)20)10-14-7-8-15(18)9-12(14)2/h3-9,16H,10H2,1-2H3,(H,19,20). The van der Waals surface area contributed by atoms with Crippen LogP contribution in [0.4, 0.5) is 4.39 Å². The molecule has 0 aliphatic carbocycles. The molecule has 0 saturated heterocycles. The van der Waals surface area contributed by atoms with Crippen LogP contribution in [0.2, 0.25) is 0 Å². The highest BCUT2D eigenvalue weighted by atomic mass is 19.1. The maximum atomic E-state index is 13.1. The second-order valence-electron chi connectivity index (χ2n) is 5.08. The Kier molecular flexibility index (Phi) is 4.18. The van der Waals surface area contributed by atoms with Crippen molar-refractivity contribution in [1.82, 2.24) is 0 Å². The summed E-state index contributed by atoms with van der Waals surface area (Å²) >= 11 is 0. The Morgan fingerprint density at radius 1 is 1.15 bits per heavy atom. The van der Waals surface area contributed by atoms with E-state index in [0.29, 0.717) is 6.42 Å². The second kappa shape index (κ2) is 5.87. The number of benzene rings is 2. The maximum Gasteiger partial charge on any atom is 0.311 e. The van der Waals surface area contributed by atoms with Gasteiger partial charge < -0.3 is 5.11 Å². The number of hydrogen-bond donors (Lipinski definition) is 1. The van der Waals surface area contributed by atoms with Gasteiger partial charge in [0.25, 0.3) is 0 Å². The molecule has 0 spiro atoms. The molecule has 0 aliphatic rings. The van der Waals surface area contributed by atoms with E-state index in [4.69, 9.17) is 0 Å². The summed E-state index contributed by atoms with van der Waals surface area (Å²) in [5.41, 5.74) is 3.51. The van der Waals surface area contributed by atoms with Crippen molar-refractivity contribution in [2.75, 3.05) is 0 Å². The average molecular weight is 272 g/mol. The Morgan fingerprint density at radius 3 is 2.35 bits per heavy atom. The highest BCUT2D eigenvalue weighted by Gasteiger charge is 2.21. The molecule has 0 bridgehead atoms. The van der Waals surface area contributed by atoms with Crippen LogP contribution in [0.25, 0.3) is 0 Å². The molecule has 2 nitrogen and oxygen atoms in total. The van der Waals surface area contributed by atoms with E-state index in [2.05, 4.69) is 0 Å². The van der Waals surface area contributed by atoms with E-state index >= 15 is 0 Å². The summed E-state index contributed by atoms with van der Waals surface area (Å²) in [6, 6.07) is 12.0. The van der Waals surface area contributed by atoms with Crippen molar-refractivity contribution in [3.05, 3.63) is 70.5 Å². The summed E-state index contributed by atoms with van der Waals surface area (Å²) < 4.78 is 13.1. The van der Waals surface area contributed by atoms with Gasteiger partial charge in [0.15, 0.2) is 0 Å². The van der Waals surface area contributed by atoms with Crippen LogP contribution in [-0.4, -0.2) is 11.1 Å². The number of hydrogen-bond acceptors (Lipinski definition) is 1. The molecule has 0 heterocycles. The first-order valence-corrected chi connectivity index (χ1v) is 6.52. The molecule has 0 fully saturated rings. The molecule has 2 aromatic carbocycles. The van der Waals surface area contributed by atoms with E-state index in [1.54, 1.807) is 13.0 Å². The predicted octanol–water partition coefficient (Wildman–Crippen LogP) is 3.85. The lowest BCUT2D eigenvalue weighted by molar-refractivity contribution is -0.138. The van der Waals surface area contributed by atoms with Gasteiger partial charge in [-0.1, -0.05) is 35.9 Å². The smallest absolute Gasteiger partial charge is 0.311 e. The lowest BCUT2D eigenvalue weighted by Crippen LogP contribution is -2.15. The van der Waals surface area contributed by atoms with Gasteiger partial charge in [-0.05, 0) is 49.1 Å². The molecule has 1 atom stereocenters. The zero-order chi connectivity index (χ0) is 14.7. The Labute approximate surface area is 117 Å². The van der Waals surface area contributed by atoms with Crippen molar-refractivity contribution in [2.45, 2.75) is 26.2 Å². The Bertz CT molecular complexity index is 617. The van der Waals surface area contributed by atoms with Crippen LogP contribution in [0.15, 0.2) is 42.5 Å². The van der Waals surface area contributed by atoms with Crippen LogP contribution in [-0.2, 0) is 11.2 Å². The lowest BCUT2D eigenvalue weighted by Gasteiger charge is -2.15. The summed E-state index contributed by atoms with van der Waals surface area (Å²) in [6.07, 6.45) is 0.366. The quantitative estimate of drug-likeness (QED) is 0.917. The van der Waals surface area contributed by atoms with Crippen molar-refractivity contribution in [3.63, 3.8) is 0 Å². The molecule has 0 aromatic heterocycles. The van der Waals surface area contributed by atoms with E-state index < -0.39 is 11.9 Å². The largest absolute Gasteiger partial charge is 0.481 e. The van der Waals surface area contributed by atoms with E-state index in [1.165, 1.54) is 12.1 Å². The SMILES string of the molecule is Cc1ccc(C(Cc2ccc(F)cc2C)C(=O)O)cc1. The Morgan fingerprint density at radius 2 is 1.80 bits per heavy atom. The van der Waals surface area contributed by atoms with E-state index in [-0.39, 0.29) is 5.82 Å². The van der Waals surface area contributed by atoms with Gasteiger partial charge in [-0.15, -0.1) is 0 Å². The van der Waals surface area contributed by atoms with Gasteiger partial charge >= 0.3 is 5.97 Å². The fourth-order valence-electron chi connectivity index (χ4n) is 2.25. The van der Waals surface area contributed by atoms with Crippen molar-refractivity contribution < 1.29 is 14.3 Å². The van der Waals surface area contributed by atoms with Gasteiger partial charge in [0.2, 0.25) is 0 Å². The van der Waals surface area contributed by atoms with Crippen LogP contribution in [0, 0.1) is 19.7 Å². The number of carbonyl (C=O) groups is 1. The third-order valence-electron chi connectivity index (χ3n) is 3.51. The molecule has 0 radical (unpaired) electrons. The van der Waals surface area contributed by atoms with Gasteiger partial charge in [0.1, 0.15) is 5.82 Å². The molecule has 20 heavy (non-hydrogen) atoms. The van der Waals surface area contributed by atoms with Gasteiger partial charge in [-0.3, -0.25) is 4.79 Å². The molecule has 2 rings (SSSR count). The first kappa shape index (κ1) is 14.3. The topological polar surface area (TPSA) is 37.3 Å². The van der Waals surface area contributed by atoms with Crippen molar-refractivity contribution >= 4 is 5.97 Å². The molecular formula is C17H17FO2. The third kappa shape index (κ3) is 3.23. The van der Waals surface area contributed by atoms with Gasteiger partial charge in [-0.25, -0.2) is 4.39 Å². The number of halogens is 1. The minimum Gasteiger partial charge on any atom is -0.481 e. The normalized spacial score (nSPS) is 12.2. The fraction of sp³-hybridized carbons (Fsp3) is 0.235. The number of carboxylic acids is 1. The molecule has 0 aliphatic heterocycles. The number of aliphatic carboxylic acids is 1. The van der Waals surface area contributed by atoms with Gasteiger partial charge in [0, 0.05) is 0 Å². The van der Waals surface area contributed by atoms with Crippen LogP contribution in [0.3, 0.4) is 0 Å². The van der Waals surface area contributed by atoms with E-state index in [9.17, 15) is 14.3 Å². The lowest BCUT2D eigenvalue weighted by atomic mass is 9.90. The first-order chi connectivity index (χ1) is 9.47. The first-order valence-electron chi connectivity index (χ1n) is 6.52. The highest BCUT2D eigenvalue weighted by molar-refractivity contribution is 5.76. The van der Waals surface area contributed by atoms with E-state index in [1.807, 2.05) is 31.2 Å².